The maximum atomic E-state index is 12.5. The van der Waals surface area contributed by atoms with E-state index in [2.05, 4.69) is 14.9 Å². The summed E-state index contributed by atoms with van der Waals surface area (Å²) >= 11 is 1.42. The summed E-state index contributed by atoms with van der Waals surface area (Å²) < 4.78 is 7.24. The number of carbonyl (C=O) groups excluding carboxylic acids is 2. The second-order valence-electron chi connectivity index (χ2n) is 6.09. The molecule has 140 valence electrons. The molecule has 1 heterocycles. The van der Waals surface area contributed by atoms with Gasteiger partial charge < -0.3 is 14.6 Å². The number of ether oxygens (including phenoxy) is 1. The summed E-state index contributed by atoms with van der Waals surface area (Å²) in [6.07, 6.45) is 0. The normalized spacial score (nSPS) is 12.0. The molecule has 0 fully saturated rings. The third-order valence-electron chi connectivity index (χ3n) is 4.15. The minimum Gasteiger partial charge on any atom is -0.383 e. The number of hydrogen-bond donors (Lipinski definition) is 1. The number of benzene rings is 1. The predicted octanol–water partition coefficient (Wildman–Crippen LogP) is 3.47. The van der Waals surface area contributed by atoms with Crippen LogP contribution in [0, 0.1) is 13.8 Å². The van der Waals surface area contributed by atoms with Gasteiger partial charge in [-0.15, -0.1) is 0 Å². The molecule has 1 unspecified atom stereocenters. The number of thioether (sulfide) groups is 1. The number of rotatable bonds is 8. The minimum atomic E-state index is -0.315. The van der Waals surface area contributed by atoms with Crippen LogP contribution >= 0.6 is 11.8 Å². The molecule has 2 rings (SSSR count). The number of carbonyl (C=O) groups is 2. The van der Waals surface area contributed by atoms with Gasteiger partial charge in [0.05, 0.1) is 17.6 Å². The second-order valence-corrected chi connectivity index (χ2v) is 7.40. The van der Waals surface area contributed by atoms with Gasteiger partial charge in [-0.3, -0.25) is 9.59 Å². The lowest BCUT2D eigenvalue weighted by Crippen LogP contribution is -2.23. The quantitative estimate of drug-likeness (QED) is 0.565. The average molecular weight is 375 g/mol. The maximum absolute atomic E-state index is 12.5. The molecule has 1 amide bonds. The number of amides is 1. The fraction of sp³-hybridized carbons (Fsp3) is 0.421. The molecule has 0 aliphatic carbocycles. The third kappa shape index (κ3) is 4.95. The first-order chi connectivity index (χ1) is 12.3. The molecule has 0 spiro atoms. The van der Waals surface area contributed by atoms with Crippen LogP contribution in [0.4, 0.5) is 5.69 Å². The Bertz CT molecular complexity index is 784. The van der Waals surface area contributed by atoms with Crippen molar-refractivity contribution < 1.29 is 14.3 Å². The molecule has 6 nitrogen and oxygen atoms in total. The van der Waals surface area contributed by atoms with Gasteiger partial charge in [0.1, 0.15) is 0 Å². The van der Waals surface area contributed by atoms with E-state index >= 15 is 0 Å². The molecule has 0 saturated heterocycles. The number of nitrogens with one attached hydrogen (secondary N) is 1. The number of Topliss-reactive ketones (excluding diaryl/α,β-unsaturated/α-hetero) is 1. The molecule has 0 aliphatic heterocycles. The molecule has 0 saturated carbocycles. The number of hydrogen-bond acceptors (Lipinski definition) is 5. The molecule has 1 N–H and O–H groups in total. The molecule has 2 aromatic rings. The Labute approximate surface area is 158 Å². The van der Waals surface area contributed by atoms with Gasteiger partial charge in [-0.25, -0.2) is 4.98 Å². The Balaban J connectivity index is 2.05. The van der Waals surface area contributed by atoms with Gasteiger partial charge in [-0.2, -0.15) is 0 Å². The number of ketones is 1. The van der Waals surface area contributed by atoms with E-state index < -0.39 is 0 Å². The Morgan fingerprint density at radius 3 is 2.50 bits per heavy atom. The van der Waals surface area contributed by atoms with Crippen molar-refractivity contribution in [2.75, 3.05) is 19.0 Å². The van der Waals surface area contributed by atoms with Gasteiger partial charge in [-0.05, 0) is 52.0 Å². The van der Waals surface area contributed by atoms with E-state index in [9.17, 15) is 9.59 Å². The molecule has 26 heavy (non-hydrogen) atoms. The fourth-order valence-corrected chi connectivity index (χ4v) is 3.43. The summed E-state index contributed by atoms with van der Waals surface area (Å²) in [6.45, 7) is 8.64. The van der Waals surface area contributed by atoms with E-state index in [1.165, 1.54) is 18.7 Å². The zero-order chi connectivity index (χ0) is 19.3. The first-order valence-corrected chi connectivity index (χ1v) is 9.32. The van der Waals surface area contributed by atoms with Crippen LogP contribution < -0.4 is 5.32 Å². The van der Waals surface area contributed by atoms with Crippen molar-refractivity contribution in [1.82, 2.24) is 9.55 Å². The highest BCUT2D eigenvalue weighted by Gasteiger charge is 2.20. The van der Waals surface area contributed by atoms with Crippen LogP contribution in [0.2, 0.25) is 0 Å². The van der Waals surface area contributed by atoms with E-state index in [0.717, 1.165) is 16.5 Å². The highest BCUT2D eigenvalue weighted by Crippen LogP contribution is 2.26. The summed E-state index contributed by atoms with van der Waals surface area (Å²) in [5.41, 5.74) is 3.33. The van der Waals surface area contributed by atoms with E-state index in [-0.39, 0.29) is 16.9 Å². The van der Waals surface area contributed by atoms with Crippen molar-refractivity contribution in [1.29, 1.82) is 0 Å². The summed E-state index contributed by atoms with van der Waals surface area (Å²) in [7, 11) is 1.67. The van der Waals surface area contributed by atoms with E-state index in [4.69, 9.17) is 4.74 Å². The molecule has 0 aliphatic rings. The standard InChI is InChI=1S/C19H25N3O3S/c1-12-13(2)22(10-11-25-5)19(20-12)26-15(4)18(24)21-17-8-6-16(7-9-17)14(3)23/h6-9,15H,10-11H2,1-5H3,(H,21,24). The monoisotopic (exact) mass is 375 g/mol. The van der Waals surface area contributed by atoms with Crippen LogP contribution in [0.1, 0.15) is 35.6 Å². The Morgan fingerprint density at radius 2 is 1.92 bits per heavy atom. The highest BCUT2D eigenvalue weighted by molar-refractivity contribution is 8.00. The van der Waals surface area contributed by atoms with Crippen molar-refractivity contribution in [2.24, 2.45) is 0 Å². The lowest BCUT2D eigenvalue weighted by molar-refractivity contribution is -0.115. The van der Waals surface area contributed by atoms with Crippen molar-refractivity contribution in [3.05, 3.63) is 41.2 Å². The molecule has 1 aromatic carbocycles. The Hall–Kier alpha value is -2.12. The highest BCUT2D eigenvalue weighted by atomic mass is 32.2. The van der Waals surface area contributed by atoms with E-state index in [1.54, 1.807) is 31.4 Å². The largest absolute Gasteiger partial charge is 0.383 e. The number of aromatic nitrogens is 2. The summed E-state index contributed by atoms with van der Waals surface area (Å²) in [6, 6.07) is 6.89. The van der Waals surface area contributed by atoms with Crippen molar-refractivity contribution in [2.45, 2.75) is 44.6 Å². The number of nitrogens with zero attached hydrogens (tertiary/aromatic N) is 2. The fourth-order valence-electron chi connectivity index (χ4n) is 2.40. The molecular formula is C19H25N3O3S. The maximum Gasteiger partial charge on any atom is 0.237 e. The molecule has 0 bridgehead atoms. The molecule has 1 aromatic heterocycles. The zero-order valence-corrected chi connectivity index (χ0v) is 16.6. The van der Waals surface area contributed by atoms with Crippen molar-refractivity contribution in [3.8, 4) is 0 Å². The average Bonchev–Trinajstić information content (AvgIpc) is 2.87. The van der Waals surface area contributed by atoms with Crippen LogP contribution in [0.25, 0.3) is 0 Å². The van der Waals surface area contributed by atoms with E-state index in [0.29, 0.717) is 24.4 Å². The van der Waals surface area contributed by atoms with Gasteiger partial charge in [0.25, 0.3) is 0 Å². The van der Waals surface area contributed by atoms with Gasteiger partial charge in [0, 0.05) is 30.6 Å². The molecule has 1 atom stereocenters. The molecule has 7 heteroatoms. The first-order valence-electron chi connectivity index (χ1n) is 8.44. The number of methoxy groups -OCH3 is 1. The number of anilines is 1. The van der Waals surface area contributed by atoms with Gasteiger partial charge >= 0.3 is 0 Å². The second kappa shape index (κ2) is 9.00. The Morgan fingerprint density at radius 1 is 1.27 bits per heavy atom. The summed E-state index contributed by atoms with van der Waals surface area (Å²) in [5, 5.41) is 3.38. The van der Waals surface area contributed by atoms with Crippen LogP contribution in [-0.2, 0) is 16.1 Å². The Kier molecular flexibility index (Phi) is 6.99. The lowest BCUT2D eigenvalue weighted by atomic mass is 10.1. The van der Waals surface area contributed by atoms with Crippen LogP contribution in [0.15, 0.2) is 29.4 Å². The molecular weight excluding hydrogens is 350 g/mol. The number of aryl methyl sites for hydroxylation is 1. The van der Waals surface area contributed by atoms with Crippen LogP contribution in [-0.4, -0.2) is 40.2 Å². The summed E-state index contributed by atoms with van der Waals surface area (Å²) in [5.74, 6) is -0.109. The third-order valence-corrected chi connectivity index (χ3v) is 5.24. The smallest absolute Gasteiger partial charge is 0.237 e. The lowest BCUT2D eigenvalue weighted by Gasteiger charge is -2.14. The van der Waals surface area contributed by atoms with Gasteiger partial charge in [0.15, 0.2) is 10.9 Å². The summed E-state index contributed by atoms with van der Waals surface area (Å²) in [4.78, 5) is 28.4. The van der Waals surface area contributed by atoms with Crippen LogP contribution in [0.3, 0.4) is 0 Å². The number of imidazole rings is 1. The van der Waals surface area contributed by atoms with Gasteiger partial charge in [-0.1, -0.05) is 11.8 Å². The zero-order valence-electron chi connectivity index (χ0n) is 15.8. The van der Waals surface area contributed by atoms with Crippen molar-refractivity contribution >= 4 is 29.1 Å². The van der Waals surface area contributed by atoms with Gasteiger partial charge in [0.2, 0.25) is 5.91 Å². The van der Waals surface area contributed by atoms with E-state index in [1.807, 2.05) is 20.8 Å². The van der Waals surface area contributed by atoms with Crippen molar-refractivity contribution in [3.63, 3.8) is 0 Å². The topological polar surface area (TPSA) is 73.2 Å². The minimum absolute atomic E-state index is 0.000403. The predicted molar refractivity (Wildman–Crippen MR) is 104 cm³/mol. The SMILES string of the molecule is COCCn1c(SC(C)C(=O)Nc2ccc(C(C)=O)cc2)nc(C)c1C. The molecule has 0 radical (unpaired) electrons. The van der Waals surface area contributed by atoms with Crippen LogP contribution in [0.5, 0.6) is 0 Å². The first kappa shape index (κ1) is 20.2.